The number of benzene rings is 3. The Kier molecular flexibility index (Phi) is 8.16. The first kappa shape index (κ1) is 26.6. The molecule has 1 aliphatic rings. The second-order valence-electron chi connectivity index (χ2n) is 10.5. The van der Waals surface area contributed by atoms with Crippen molar-refractivity contribution < 1.29 is 28.2 Å². The van der Waals surface area contributed by atoms with Crippen LogP contribution in [0.3, 0.4) is 0 Å². The maximum absolute atomic E-state index is 15.0. The highest BCUT2D eigenvalue weighted by Crippen LogP contribution is 2.49. The van der Waals surface area contributed by atoms with Crippen LogP contribution in [-0.2, 0) is 17.8 Å². The summed E-state index contributed by atoms with van der Waals surface area (Å²) in [5.74, 6) is -0.900. The first-order chi connectivity index (χ1) is 17.7. The molecule has 1 saturated carbocycles. The SMILES string of the molecule is COc1ccc(F)c(-c2ccc(COc3cccc(CCC(=O)O)c3F)cc2C2CCCCC2(C)C)c1. The zero-order chi connectivity index (χ0) is 26.6. The molecule has 0 bridgehead atoms. The van der Waals surface area contributed by atoms with Crippen LogP contribution in [-0.4, -0.2) is 18.2 Å². The number of carbonyl (C=O) groups is 1. The van der Waals surface area contributed by atoms with Crippen LogP contribution < -0.4 is 9.47 Å². The molecule has 3 aromatic carbocycles. The van der Waals surface area contributed by atoms with Crippen LogP contribution in [0.2, 0.25) is 0 Å². The smallest absolute Gasteiger partial charge is 0.303 e. The number of methoxy groups -OCH3 is 1. The molecule has 196 valence electrons. The third kappa shape index (κ3) is 6.12. The molecule has 0 heterocycles. The van der Waals surface area contributed by atoms with E-state index in [2.05, 4.69) is 19.9 Å². The topological polar surface area (TPSA) is 55.8 Å². The van der Waals surface area contributed by atoms with Gasteiger partial charge in [0.25, 0.3) is 0 Å². The molecule has 0 amide bonds. The lowest BCUT2D eigenvalue weighted by Crippen LogP contribution is -2.26. The molecule has 0 aromatic heterocycles. The predicted octanol–water partition coefficient (Wildman–Crippen LogP) is 7.92. The van der Waals surface area contributed by atoms with Crippen LogP contribution in [0.4, 0.5) is 8.78 Å². The first-order valence-corrected chi connectivity index (χ1v) is 12.8. The van der Waals surface area contributed by atoms with E-state index in [-0.39, 0.29) is 42.3 Å². The standard InChI is InChI=1S/C31H34F2O4/c1-31(2)16-5-4-8-26(31)24-17-20(10-13-23(24)25-18-22(36-3)12-14-27(25)32)19-37-28-9-6-7-21(30(28)33)11-15-29(34)35/h6-7,9-10,12-14,17-18,26H,4-5,8,11,15-16,19H2,1-3H3,(H,34,35). The van der Waals surface area contributed by atoms with Gasteiger partial charge in [0.15, 0.2) is 11.6 Å². The van der Waals surface area contributed by atoms with Crippen LogP contribution >= 0.6 is 0 Å². The highest BCUT2D eigenvalue weighted by molar-refractivity contribution is 5.71. The molecule has 0 saturated heterocycles. The van der Waals surface area contributed by atoms with Gasteiger partial charge in [-0.15, -0.1) is 0 Å². The first-order valence-electron chi connectivity index (χ1n) is 12.8. The van der Waals surface area contributed by atoms with E-state index < -0.39 is 11.8 Å². The fraction of sp³-hybridized carbons (Fsp3) is 0.387. The van der Waals surface area contributed by atoms with Crippen molar-refractivity contribution in [1.29, 1.82) is 0 Å². The van der Waals surface area contributed by atoms with Crippen LogP contribution in [0.15, 0.2) is 54.6 Å². The van der Waals surface area contributed by atoms with E-state index in [1.165, 1.54) is 12.5 Å². The summed E-state index contributed by atoms with van der Waals surface area (Å²) in [6.45, 7) is 4.67. The molecule has 37 heavy (non-hydrogen) atoms. The third-order valence-corrected chi connectivity index (χ3v) is 7.51. The molecule has 1 atom stereocenters. The summed E-state index contributed by atoms with van der Waals surface area (Å²) in [5, 5.41) is 8.92. The summed E-state index contributed by atoms with van der Waals surface area (Å²) in [5.41, 5.74) is 3.62. The average Bonchev–Trinajstić information content (AvgIpc) is 2.87. The molecule has 0 radical (unpaired) electrons. The van der Waals surface area contributed by atoms with Crippen LogP contribution in [0.1, 0.15) is 68.6 Å². The van der Waals surface area contributed by atoms with Gasteiger partial charge in [-0.2, -0.15) is 0 Å². The predicted molar refractivity (Wildman–Crippen MR) is 140 cm³/mol. The van der Waals surface area contributed by atoms with Gasteiger partial charge in [-0.1, -0.05) is 57.0 Å². The Morgan fingerprint density at radius 1 is 1.05 bits per heavy atom. The Balaban J connectivity index is 1.68. The highest BCUT2D eigenvalue weighted by atomic mass is 19.1. The van der Waals surface area contributed by atoms with E-state index in [1.54, 1.807) is 37.4 Å². The lowest BCUT2D eigenvalue weighted by Gasteiger charge is -2.40. The molecule has 4 rings (SSSR count). The molecule has 6 heteroatoms. The number of halogens is 2. The molecular weight excluding hydrogens is 474 g/mol. The second-order valence-corrected chi connectivity index (χ2v) is 10.5. The van der Waals surface area contributed by atoms with Gasteiger partial charge in [0, 0.05) is 12.0 Å². The van der Waals surface area contributed by atoms with Gasteiger partial charge < -0.3 is 14.6 Å². The summed E-state index contributed by atoms with van der Waals surface area (Å²) >= 11 is 0. The van der Waals surface area contributed by atoms with E-state index in [1.807, 2.05) is 12.1 Å². The normalized spacial score (nSPS) is 16.8. The average molecular weight is 509 g/mol. The van der Waals surface area contributed by atoms with Crippen molar-refractivity contribution in [2.75, 3.05) is 7.11 Å². The number of hydrogen-bond donors (Lipinski definition) is 1. The molecule has 1 N–H and O–H groups in total. The van der Waals surface area contributed by atoms with Crippen molar-refractivity contribution in [3.05, 3.63) is 82.9 Å². The molecule has 1 fully saturated rings. The molecule has 1 unspecified atom stereocenters. The summed E-state index contributed by atoms with van der Waals surface area (Å²) in [6.07, 6.45) is 4.34. The van der Waals surface area contributed by atoms with Crippen LogP contribution in [0, 0.1) is 17.0 Å². The van der Waals surface area contributed by atoms with E-state index >= 15 is 4.39 Å². The Morgan fingerprint density at radius 3 is 2.59 bits per heavy atom. The number of carboxylic acids is 1. The van der Waals surface area contributed by atoms with Crippen molar-refractivity contribution in [1.82, 2.24) is 0 Å². The minimum absolute atomic E-state index is 0.0480. The van der Waals surface area contributed by atoms with Gasteiger partial charge in [-0.05, 0) is 77.1 Å². The minimum Gasteiger partial charge on any atom is -0.497 e. The number of aryl methyl sites for hydroxylation is 1. The van der Waals surface area contributed by atoms with Crippen molar-refractivity contribution in [2.45, 2.75) is 64.9 Å². The maximum Gasteiger partial charge on any atom is 0.303 e. The largest absolute Gasteiger partial charge is 0.497 e. The lowest BCUT2D eigenvalue weighted by atomic mass is 9.65. The highest BCUT2D eigenvalue weighted by Gasteiger charge is 2.35. The van der Waals surface area contributed by atoms with Gasteiger partial charge in [-0.3, -0.25) is 4.79 Å². The number of hydrogen-bond acceptors (Lipinski definition) is 3. The van der Waals surface area contributed by atoms with E-state index in [4.69, 9.17) is 14.6 Å². The molecule has 4 nitrogen and oxygen atoms in total. The maximum atomic E-state index is 15.0. The Labute approximate surface area is 217 Å². The zero-order valence-electron chi connectivity index (χ0n) is 21.7. The Hall–Kier alpha value is -3.41. The monoisotopic (exact) mass is 508 g/mol. The summed E-state index contributed by atoms with van der Waals surface area (Å²) in [7, 11) is 1.57. The summed E-state index contributed by atoms with van der Waals surface area (Å²) in [4.78, 5) is 10.9. The molecule has 0 aliphatic heterocycles. The number of ether oxygens (including phenoxy) is 2. The van der Waals surface area contributed by atoms with Crippen molar-refractivity contribution >= 4 is 5.97 Å². The van der Waals surface area contributed by atoms with Gasteiger partial charge in [0.1, 0.15) is 18.2 Å². The van der Waals surface area contributed by atoms with Gasteiger partial charge in [0.05, 0.1) is 7.11 Å². The Morgan fingerprint density at radius 2 is 1.86 bits per heavy atom. The third-order valence-electron chi connectivity index (χ3n) is 7.51. The van der Waals surface area contributed by atoms with Crippen LogP contribution in [0.25, 0.3) is 11.1 Å². The lowest BCUT2D eigenvalue weighted by molar-refractivity contribution is -0.136. The number of aliphatic carboxylic acids is 1. The summed E-state index contributed by atoms with van der Waals surface area (Å²) < 4.78 is 41.2. The zero-order valence-corrected chi connectivity index (χ0v) is 21.7. The quantitative estimate of drug-likeness (QED) is 0.319. The number of carboxylic acid groups (broad SMARTS) is 1. The molecular formula is C31H34F2O4. The number of rotatable bonds is 9. The van der Waals surface area contributed by atoms with E-state index in [9.17, 15) is 9.18 Å². The van der Waals surface area contributed by atoms with Crippen molar-refractivity contribution in [3.8, 4) is 22.6 Å². The molecule has 0 spiro atoms. The van der Waals surface area contributed by atoms with Gasteiger partial charge >= 0.3 is 5.97 Å². The van der Waals surface area contributed by atoms with Gasteiger partial charge in [-0.25, -0.2) is 8.78 Å². The fourth-order valence-electron chi connectivity index (χ4n) is 5.41. The Bertz CT molecular complexity index is 1270. The van der Waals surface area contributed by atoms with Gasteiger partial charge in [0.2, 0.25) is 0 Å². The fourth-order valence-corrected chi connectivity index (χ4v) is 5.41. The minimum atomic E-state index is -0.976. The molecule has 3 aromatic rings. The summed E-state index contributed by atoms with van der Waals surface area (Å²) in [6, 6.07) is 15.5. The van der Waals surface area contributed by atoms with Crippen LogP contribution in [0.5, 0.6) is 11.5 Å². The van der Waals surface area contributed by atoms with E-state index in [0.29, 0.717) is 16.9 Å². The molecule has 1 aliphatic carbocycles. The van der Waals surface area contributed by atoms with Crippen molar-refractivity contribution in [2.24, 2.45) is 5.41 Å². The van der Waals surface area contributed by atoms with Crippen molar-refractivity contribution in [3.63, 3.8) is 0 Å². The van der Waals surface area contributed by atoms with E-state index in [0.717, 1.165) is 36.0 Å². The second kappa shape index (κ2) is 11.3.